The molecule has 3 fully saturated rings. The Bertz CT molecular complexity index is 407. The van der Waals surface area contributed by atoms with E-state index < -0.39 is 18.4 Å². The molecule has 3 heteroatoms. The highest BCUT2D eigenvalue weighted by atomic mass is 19.1. The van der Waals surface area contributed by atoms with Crippen LogP contribution in [0.1, 0.15) is 72.6 Å². The number of alkyl halides is 2. The molecule has 0 aromatic rings. The Hall–Kier alpha value is -0.180. The summed E-state index contributed by atoms with van der Waals surface area (Å²) in [7, 11) is 0. The highest BCUT2D eigenvalue weighted by Crippen LogP contribution is 2.50. The average molecular weight is 343 g/mol. The molecule has 3 aliphatic rings. The van der Waals surface area contributed by atoms with Crippen LogP contribution in [0.25, 0.3) is 0 Å². The Labute approximate surface area is 146 Å². The lowest BCUT2D eigenvalue weighted by molar-refractivity contribution is -0.0897. The molecule has 0 aromatic carbocycles. The van der Waals surface area contributed by atoms with Crippen LogP contribution in [0.3, 0.4) is 0 Å². The maximum Gasteiger partial charge on any atom is 0.130 e. The van der Waals surface area contributed by atoms with Crippen molar-refractivity contribution in [2.24, 2.45) is 35.5 Å². The molecule has 1 nitrogen and oxygen atoms in total. The summed E-state index contributed by atoms with van der Waals surface area (Å²) >= 11 is 0. The fraction of sp³-hybridized carbons (Fsp3) is 1.00. The van der Waals surface area contributed by atoms with E-state index in [0.29, 0.717) is 5.92 Å². The molecule has 8 unspecified atom stereocenters. The molecule has 0 radical (unpaired) electrons. The van der Waals surface area contributed by atoms with Gasteiger partial charge in [0.25, 0.3) is 0 Å². The van der Waals surface area contributed by atoms with Crippen LogP contribution in [0.2, 0.25) is 0 Å². The van der Waals surface area contributed by atoms with Crippen molar-refractivity contribution < 1.29 is 13.5 Å². The molecule has 0 spiro atoms. The van der Waals surface area contributed by atoms with Gasteiger partial charge >= 0.3 is 0 Å². The van der Waals surface area contributed by atoms with Crippen molar-refractivity contribution in [3.05, 3.63) is 0 Å². The zero-order valence-electron chi connectivity index (χ0n) is 15.9. The van der Waals surface area contributed by atoms with Crippen molar-refractivity contribution in [3.63, 3.8) is 0 Å². The SMILES string of the molecule is CCC(C)C(F)C1OC2C(F)C(C3CCC(C)CC3)CCC2C1C. The van der Waals surface area contributed by atoms with E-state index >= 15 is 4.39 Å². The summed E-state index contributed by atoms with van der Waals surface area (Å²) < 4.78 is 36.2. The van der Waals surface area contributed by atoms with Crippen LogP contribution < -0.4 is 0 Å². The molecular weight excluding hydrogens is 306 g/mol. The van der Waals surface area contributed by atoms with Gasteiger partial charge < -0.3 is 4.74 Å². The van der Waals surface area contributed by atoms with Gasteiger partial charge in [-0.15, -0.1) is 0 Å². The van der Waals surface area contributed by atoms with Gasteiger partial charge in [0.15, 0.2) is 0 Å². The largest absolute Gasteiger partial charge is 0.368 e. The third kappa shape index (κ3) is 3.39. The average Bonchev–Trinajstić information content (AvgIpc) is 2.93. The van der Waals surface area contributed by atoms with E-state index in [2.05, 4.69) is 13.8 Å². The fourth-order valence-corrected chi connectivity index (χ4v) is 5.60. The second-order valence-electron chi connectivity index (χ2n) is 9.12. The highest BCUT2D eigenvalue weighted by molar-refractivity contribution is 5.01. The number of hydrogen-bond donors (Lipinski definition) is 0. The zero-order chi connectivity index (χ0) is 17.4. The molecule has 140 valence electrons. The molecular formula is C21H36F2O. The summed E-state index contributed by atoms with van der Waals surface area (Å²) in [5, 5.41) is 0. The van der Waals surface area contributed by atoms with Crippen molar-refractivity contribution in [1.29, 1.82) is 0 Å². The molecule has 1 aliphatic heterocycles. The fourth-order valence-electron chi connectivity index (χ4n) is 5.60. The monoisotopic (exact) mass is 342 g/mol. The minimum atomic E-state index is -0.961. The van der Waals surface area contributed by atoms with E-state index in [1.54, 1.807) is 0 Å². The molecule has 0 N–H and O–H groups in total. The van der Waals surface area contributed by atoms with Gasteiger partial charge in [-0.2, -0.15) is 0 Å². The van der Waals surface area contributed by atoms with Gasteiger partial charge in [-0.05, 0) is 61.2 Å². The van der Waals surface area contributed by atoms with Crippen molar-refractivity contribution in [2.75, 3.05) is 0 Å². The number of halogens is 2. The first-order valence-electron chi connectivity index (χ1n) is 10.4. The van der Waals surface area contributed by atoms with Gasteiger partial charge in [0, 0.05) is 0 Å². The van der Waals surface area contributed by atoms with E-state index in [0.717, 1.165) is 25.2 Å². The van der Waals surface area contributed by atoms with Crippen molar-refractivity contribution >= 4 is 0 Å². The summed E-state index contributed by atoms with van der Waals surface area (Å²) in [6.07, 6.45) is 5.01. The Morgan fingerprint density at radius 3 is 2.25 bits per heavy atom. The first-order valence-corrected chi connectivity index (χ1v) is 10.4. The summed E-state index contributed by atoms with van der Waals surface area (Å²) in [5.41, 5.74) is 0. The maximum absolute atomic E-state index is 15.3. The first kappa shape index (κ1) is 18.6. The standard InChI is InChI=1S/C21H36F2O/c1-5-13(3)18(22)20-14(4)16-10-11-17(19(23)21(16)24-20)15-8-6-12(2)7-9-15/h12-21H,5-11H2,1-4H3. The predicted octanol–water partition coefficient (Wildman–Crippen LogP) is 5.96. The normalized spacial score (nSPS) is 48.8. The molecule has 24 heavy (non-hydrogen) atoms. The number of ether oxygens (including phenoxy) is 1. The Balaban J connectivity index is 1.66. The topological polar surface area (TPSA) is 9.23 Å². The Kier molecular flexibility index (Phi) is 5.89. The third-order valence-corrected chi connectivity index (χ3v) is 7.65. The molecule has 0 aromatic heterocycles. The van der Waals surface area contributed by atoms with Crippen LogP contribution in [0, 0.1) is 35.5 Å². The van der Waals surface area contributed by atoms with Gasteiger partial charge in [-0.3, -0.25) is 0 Å². The quantitative estimate of drug-likeness (QED) is 0.612. The number of fused-ring (bicyclic) bond motifs is 1. The molecule has 1 saturated heterocycles. The number of hydrogen-bond acceptors (Lipinski definition) is 1. The minimum Gasteiger partial charge on any atom is -0.368 e. The molecule has 8 atom stereocenters. The maximum atomic E-state index is 15.3. The summed E-state index contributed by atoms with van der Waals surface area (Å²) in [5.74, 6) is 1.81. The van der Waals surface area contributed by atoms with Gasteiger partial charge in [-0.25, -0.2) is 8.78 Å². The second-order valence-corrected chi connectivity index (χ2v) is 9.12. The second kappa shape index (κ2) is 7.60. The van der Waals surface area contributed by atoms with E-state index in [-0.39, 0.29) is 29.8 Å². The van der Waals surface area contributed by atoms with Crippen molar-refractivity contribution in [2.45, 2.75) is 97.2 Å². The van der Waals surface area contributed by atoms with Crippen LogP contribution in [0.5, 0.6) is 0 Å². The smallest absolute Gasteiger partial charge is 0.130 e. The van der Waals surface area contributed by atoms with Gasteiger partial charge in [0.2, 0.25) is 0 Å². The lowest BCUT2D eigenvalue weighted by Crippen LogP contribution is -2.43. The summed E-state index contributed by atoms with van der Waals surface area (Å²) in [6.45, 7) is 8.35. The molecule has 2 aliphatic carbocycles. The lowest BCUT2D eigenvalue weighted by Gasteiger charge is -2.41. The zero-order valence-corrected chi connectivity index (χ0v) is 15.9. The highest BCUT2D eigenvalue weighted by Gasteiger charge is 2.54. The van der Waals surface area contributed by atoms with E-state index in [1.807, 2.05) is 13.8 Å². The van der Waals surface area contributed by atoms with Crippen molar-refractivity contribution in [3.8, 4) is 0 Å². The minimum absolute atomic E-state index is 0.00806. The van der Waals surface area contributed by atoms with Gasteiger partial charge in [-0.1, -0.05) is 47.0 Å². The van der Waals surface area contributed by atoms with Crippen LogP contribution in [0.4, 0.5) is 8.78 Å². The molecule has 3 rings (SSSR count). The Morgan fingerprint density at radius 2 is 1.62 bits per heavy atom. The summed E-state index contributed by atoms with van der Waals surface area (Å²) in [4.78, 5) is 0. The first-order chi connectivity index (χ1) is 11.4. The summed E-state index contributed by atoms with van der Waals surface area (Å²) in [6, 6.07) is 0. The van der Waals surface area contributed by atoms with E-state index in [1.165, 1.54) is 25.7 Å². The molecule has 1 heterocycles. The number of rotatable bonds is 4. The van der Waals surface area contributed by atoms with Crippen LogP contribution in [-0.4, -0.2) is 24.6 Å². The third-order valence-electron chi connectivity index (χ3n) is 7.65. The van der Waals surface area contributed by atoms with Crippen LogP contribution in [0.15, 0.2) is 0 Å². The van der Waals surface area contributed by atoms with Crippen LogP contribution >= 0.6 is 0 Å². The van der Waals surface area contributed by atoms with E-state index in [9.17, 15) is 4.39 Å². The Morgan fingerprint density at radius 1 is 1.00 bits per heavy atom. The molecule has 0 bridgehead atoms. The van der Waals surface area contributed by atoms with Crippen LogP contribution in [-0.2, 0) is 4.74 Å². The van der Waals surface area contributed by atoms with E-state index in [4.69, 9.17) is 4.74 Å². The molecule has 2 saturated carbocycles. The lowest BCUT2D eigenvalue weighted by atomic mass is 9.66. The van der Waals surface area contributed by atoms with Gasteiger partial charge in [0.05, 0.1) is 12.2 Å². The van der Waals surface area contributed by atoms with Crippen molar-refractivity contribution in [1.82, 2.24) is 0 Å². The molecule has 0 amide bonds. The predicted molar refractivity (Wildman–Crippen MR) is 94.4 cm³/mol. The van der Waals surface area contributed by atoms with Gasteiger partial charge in [0.1, 0.15) is 12.3 Å².